The third-order valence-electron chi connectivity index (χ3n) is 5.41. The van der Waals surface area contributed by atoms with Crippen LogP contribution in [0.15, 0.2) is 0 Å². The SMILES string of the molecule is CCN(CC(=O)O)C1CC(NC(=O)NC[C@H]2CCC[C@@H](CO)C2)C1. The molecule has 0 aromatic rings. The maximum atomic E-state index is 12.0. The van der Waals surface area contributed by atoms with Crippen molar-refractivity contribution in [1.29, 1.82) is 0 Å². The van der Waals surface area contributed by atoms with Gasteiger partial charge in [-0.05, 0) is 50.5 Å². The molecule has 138 valence electrons. The molecule has 0 aliphatic heterocycles. The zero-order chi connectivity index (χ0) is 17.5. The molecular formula is C17H31N3O4. The zero-order valence-electron chi connectivity index (χ0n) is 14.5. The van der Waals surface area contributed by atoms with E-state index in [0.717, 1.165) is 38.5 Å². The first-order valence-corrected chi connectivity index (χ1v) is 9.12. The molecule has 24 heavy (non-hydrogen) atoms. The highest BCUT2D eigenvalue weighted by atomic mass is 16.4. The summed E-state index contributed by atoms with van der Waals surface area (Å²) in [5, 5.41) is 24.1. The number of likely N-dealkylation sites (N-methyl/N-ethyl adjacent to an activating group) is 1. The number of nitrogens with zero attached hydrogens (tertiary/aromatic N) is 1. The maximum absolute atomic E-state index is 12.0. The Balaban J connectivity index is 1.61. The second-order valence-electron chi connectivity index (χ2n) is 7.21. The Kier molecular flexibility index (Phi) is 7.30. The smallest absolute Gasteiger partial charge is 0.317 e. The van der Waals surface area contributed by atoms with Crippen molar-refractivity contribution in [2.45, 2.75) is 57.5 Å². The Hall–Kier alpha value is -1.34. The van der Waals surface area contributed by atoms with Gasteiger partial charge in [-0.3, -0.25) is 9.69 Å². The number of carbonyl (C=O) groups excluding carboxylic acids is 1. The highest BCUT2D eigenvalue weighted by Crippen LogP contribution is 2.28. The van der Waals surface area contributed by atoms with Gasteiger partial charge in [-0.15, -0.1) is 0 Å². The summed E-state index contributed by atoms with van der Waals surface area (Å²) in [6.07, 6.45) is 5.94. The van der Waals surface area contributed by atoms with E-state index >= 15 is 0 Å². The minimum atomic E-state index is -0.806. The Morgan fingerprint density at radius 2 is 1.88 bits per heavy atom. The van der Waals surface area contributed by atoms with E-state index in [-0.39, 0.29) is 31.3 Å². The van der Waals surface area contributed by atoms with Crippen molar-refractivity contribution in [2.75, 3.05) is 26.2 Å². The topological polar surface area (TPSA) is 102 Å². The summed E-state index contributed by atoms with van der Waals surface area (Å²) in [7, 11) is 0. The fourth-order valence-corrected chi connectivity index (χ4v) is 3.90. The molecule has 0 heterocycles. The van der Waals surface area contributed by atoms with E-state index in [0.29, 0.717) is 24.9 Å². The van der Waals surface area contributed by atoms with Crippen molar-refractivity contribution in [2.24, 2.45) is 11.8 Å². The van der Waals surface area contributed by atoms with E-state index in [1.54, 1.807) is 0 Å². The lowest BCUT2D eigenvalue weighted by Crippen LogP contribution is -2.56. The Labute approximate surface area is 143 Å². The fourth-order valence-electron chi connectivity index (χ4n) is 3.90. The number of nitrogens with one attached hydrogen (secondary N) is 2. The molecule has 2 atom stereocenters. The molecule has 2 aliphatic rings. The van der Waals surface area contributed by atoms with Crippen molar-refractivity contribution in [3.63, 3.8) is 0 Å². The standard InChI is InChI=1S/C17H31N3O4/c1-2-20(10-16(22)23)15-7-14(8-15)19-17(24)18-9-12-4-3-5-13(6-12)11-21/h12-15,21H,2-11H2,1H3,(H,22,23)(H2,18,19,24)/t12-,13+,14?,15?/m0/s1. The van der Waals surface area contributed by atoms with Crippen LogP contribution in [-0.2, 0) is 4.79 Å². The van der Waals surface area contributed by atoms with Gasteiger partial charge in [-0.1, -0.05) is 13.3 Å². The molecule has 0 radical (unpaired) electrons. The molecule has 0 unspecified atom stereocenters. The summed E-state index contributed by atoms with van der Waals surface area (Å²) in [5.74, 6) is 0.0388. The predicted octanol–water partition coefficient (Wildman–Crippen LogP) is 1.02. The van der Waals surface area contributed by atoms with Gasteiger partial charge in [0.1, 0.15) is 0 Å². The largest absolute Gasteiger partial charge is 0.480 e. The summed E-state index contributed by atoms with van der Waals surface area (Å²) >= 11 is 0. The van der Waals surface area contributed by atoms with Gasteiger partial charge < -0.3 is 20.8 Å². The molecule has 0 aromatic carbocycles. The first kappa shape index (κ1) is 19.0. The third-order valence-corrected chi connectivity index (χ3v) is 5.41. The third kappa shape index (κ3) is 5.63. The van der Waals surface area contributed by atoms with Crippen molar-refractivity contribution in [1.82, 2.24) is 15.5 Å². The van der Waals surface area contributed by atoms with Crippen LogP contribution >= 0.6 is 0 Å². The average Bonchev–Trinajstić information content (AvgIpc) is 2.54. The van der Waals surface area contributed by atoms with Crippen molar-refractivity contribution < 1.29 is 19.8 Å². The molecule has 0 saturated heterocycles. The van der Waals surface area contributed by atoms with Crippen LogP contribution in [0.3, 0.4) is 0 Å². The normalized spacial score (nSPS) is 29.8. The van der Waals surface area contributed by atoms with Crippen LogP contribution in [0.4, 0.5) is 4.79 Å². The summed E-state index contributed by atoms with van der Waals surface area (Å²) in [6.45, 7) is 3.65. The predicted molar refractivity (Wildman–Crippen MR) is 90.8 cm³/mol. The average molecular weight is 341 g/mol. The van der Waals surface area contributed by atoms with Crippen molar-refractivity contribution >= 4 is 12.0 Å². The quantitative estimate of drug-likeness (QED) is 0.528. The van der Waals surface area contributed by atoms with Gasteiger partial charge in [0.2, 0.25) is 0 Å². The highest BCUT2D eigenvalue weighted by molar-refractivity contribution is 5.74. The lowest BCUT2D eigenvalue weighted by molar-refractivity contribution is -0.139. The van der Waals surface area contributed by atoms with Gasteiger partial charge in [-0.2, -0.15) is 0 Å². The van der Waals surface area contributed by atoms with E-state index in [9.17, 15) is 14.7 Å². The number of hydrogen-bond donors (Lipinski definition) is 4. The molecule has 4 N–H and O–H groups in total. The molecule has 2 fully saturated rings. The summed E-state index contributed by atoms with van der Waals surface area (Å²) in [5.41, 5.74) is 0. The minimum Gasteiger partial charge on any atom is -0.480 e. The van der Waals surface area contributed by atoms with Crippen molar-refractivity contribution in [3.8, 4) is 0 Å². The molecule has 0 spiro atoms. The van der Waals surface area contributed by atoms with Gasteiger partial charge in [0.25, 0.3) is 0 Å². The number of urea groups is 1. The number of amides is 2. The Bertz CT molecular complexity index is 426. The number of aliphatic hydroxyl groups is 1. The van der Waals surface area contributed by atoms with Gasteiger partial charge in [0.05, 0.1) is 6.54 Å². The van der Waals surface area contributed by atoms with Crippen LogP contribution in [0.1, 0.15) is 45.4 Å². The van der Waals surface area contributed by atoms with Crippen LogP contribution in [-0.4, -0.2) is 65.4 Å². The number of carbonyl (C=O) groups is 2. The molecule has 7 heteroatoms. The van der Waals surface area contributed by atoms with Gasteiger partial charge in [0, 0.05) is 25.2 Å². The van der Waals surface area contributed by atoms with Crippen molar-refractivity contribution in [3.05, 3.63) is 0 Å². The number of carboxylic acids is 1. The van der Waals surface area contributed by atoms with E-state index < -0.39 is 5.97 Å². The molecule has 2 aliphatic carbocycles. The zero-order valence-corrected chi connectivity index (χ0v) is 14.5. The van der Waals surface area contributed by atoms with Gasteiger partial charge in [-0.25, -0.2) is 4.79 Å². The van der Waals surface area contributed by atoms with Gasteiger partial charge in [0.15, 0.2) is 0 Å². The fraction of sp³-hybridized carbons (Fsp3) is 0.882. The maximum Gasteiger partial charge on any atom is 0.317 e. The molecule has 2 rings (SSSR count). The highest BCUT2D eigenvalue weighted by Gasteiger charge is 2.34. The lowest BCUT2D eigenvalue weighted by atomic mass is 9.82. The minimum absolute atomic E-state index is 0.0633. The van der Waals surface area contributed by atoms with Crippen LogP contribution < -0.4 is 10.6 Å². The van der Waals surface area contributed by atoms with Gasteiger partial charge >= 0.3 is 12.0 Å². The van der Waals surface area contributed by atoms with E-state index in [2.05, 4.69) is 10.6 Å². The second-order valence-corrected chi connectivity index (χ2v) is 7.21. The molecule has 0 aromatic heterocycles. The second kappa shape index (κ2) is 9.22. The first-order valence-electron chi connectivity index (χ1n) is 9.12. The van der Waals surface area contributed by atoms with Crippen LogP contribution in [0.25, 0.3) is 0 Å². The molecular weight excluding hydrogens is 310 g/mol. The summed E-state index contributed by atoms with van der Waals surface area (Å²) in [6, 6.07) is 0.250. The summed E-state index contributed by atoms with van der Waals surface area (Å²) in [4.78, 5) is 24.7. The molecule has 2 amide bonds. The van der Waals surface area contributed by atoms with Crippen LogP contribution in [0, 0.1) is 11.8 Å². The van der Waals surface area contributed by atoms with E-state index in [1.807, 2.05) is 11.8 Å². The molecule has 0 bridgehead atoms. The number of aliphatic hydroxyl groups excluding tert-OH is 1. The summed E-state index contributed by atoms with van der Waals surface area (Å²) < 4.78 is 0. The lowest BCUT2D eigenvalue weighted by Gasteiger charge is -2.42. The van der Waals surface area contributed by atoms with Crippen LogP contribution in [0.2, 0.25) is 0 Å². The van der Waals surface area contributed by atoms with E-state index in [4.69, 9.17) is 5.11 Å². The number of carboxylic acid groups (broad SMARTS) is 1. The number of aliphatic carboxylic acids is 1. The van der Waals surface area contributed by atoms with Crippen LogP contribution in [0.5, 0.6) is 0 Å². The molecule has 2 saturated carbocycles. The number of rotatable bonds is 8. The number of hydrogen-bond acceptors (Lipinski definition) is 4. The monoisotopic (exact) mass is 341 g/mol. The Morgan fingerprint density at radius 1 is 1.17 bits per heavy atom. The molecule has 7 nitrogen and oxygen atoms in total. The first-order chi connectivity index (χ1) is 11.5. The van der Waals surface area contributed by atoms with E-state index in [1.165, 1.54) is 0 Å². The Morgan fingerprint density at radius 3 is 2.50 bits per heavy atom.